The zero-order valence-corrected chi connectivity index (χ0v) is 32.4. The van der Waals surface area contributed by atoms with Crippen molar-refractivity contribution in [3.05, 3.63) is 217 Å². The van der Waals surface area contributed by atoms with E-state index < -0.39 is 0 Å². The number of rotatable bonds is 6. The van der Waals surface area contributed by atoms with Crippen LogP contribution in [0.25, 0.3) is 112 Å². The van der Waals surface area contributed by atoms with Gasteiger partial charge >= 0.3 is 0 Å². The molecule has 0 spiro atoms. The van der Waals surface area contributed by atoms with Gasteiger partial charge in [0, 0.05) is 16.7 Å². The molecule has 2 nitrogen and oxygen atoms in total. The van der Waals surface area contributed by atoms with Crippen molar-refractivity contribution >= 4 is 44.5 Å². The van der Waals surface area contributed by atoms with Gasteiger partial charge in [-0.3, -0.25) is 0 Å². The van der Waals surface area contributed by atoms with Gasteiger partial charge in [0.15, 0.2) is 5.82 Å². The Morgan fingerprint density at radius 3 is 1.34 bits per heavy atom. The highest BCUT2D eigenvalue weighted by Gasteiger charge is 2.21. The molecule has 11 rings (SSSR count). The molecular weight excluding hydrogens is 713 g/mol. The molecule has 0 unspecified atom stereocenters. The Hall–Kier alpha value is -7.68. The third kappa shape index (κ3) is 6.05. The molecule has 276 valence electrons. The summed E-state index contributed by atoms with van der Waals surface area (Å²) in [5.41, 5.74) is 14.6. The van der Waals surface area contributed by atoms with Gasteiger partial charge < -0.3 is 0 Å². The van der Waals surface area contributed by atoms with E-state index in [9.17, 15) is 0 Å². The van der Waals surface area contributed by atoms with Crippen LogP contribution in [-0.2, 0) is 0 Å². The molecule has 0 amide bonds. The molecule has 1 aromatic heterocycles. The van der Waals surface area contributed by atoms with E-state index in [2.05, 4.69) is 218 Å². The molecule has 9 aromatic carbocycles. The summed E-state index contributed by atoms with van der Waals surface area (Å²) in [6, 6.07) is 69.6. The van der Waals surface area contributed by atoms with Crippen molar-refractivity contribution in [2.75, 3.05) is 0 Å². The second-order valence-corrected chi connectivity index (χ2v) is 15.1. The van der Waals surface area contributed by atoms with Gasteiger partial charge in [-0.25, -0.2) is 9.97 Å². The largest absolute Gasteiger partial charge is 0.228 e. The van der Waals surface area contributed by atoms with Crippen LogP contribution in [0.4, 0.5) is 0 Å². The number of benzene rings is 9. The monoisotopic (exact) mass is 750 g/mol. The van der Waals surface area contributed by atoms with Crippen molar-refractivity contribution in [2.24, 2.45) is 0 Å². The first kappa shape index (κ1) is 34.6. The zero-order valence-electron chi connectivity index (χ0n) is 32.4. The van der Waals surface area contributed by atoms with Crippen molar-refractivity contribution in [3.8, 4) is 67.3 Å². The number of allylic oxidation sites excluding steroid dienone is 2. The van der Waals surface area contributed by atoms with Crippen LogP contribution < -0.4 is 0 Å². The molecule has 2 heteroatoms. The van der Waals surface area contributed by atoms with Gasteiger partial charge in [-0.05, 0) is 95.4 Å². The molecule has 1 heterocycles. The van der Waals surface area contributed by atoms with Crippen LogP contribution in [0.5, 0.6) is 0 Å². The Balaban J connectivity index is 1.15. The second kappa shape index (κ2) is 14.7. The van der Waals surface area contributed by atoms with E-state index in [1.807, 2.05) is 0 Å². The second-order valence-electron chi connectivity index (χ2n) is 15.1. The molecule has 1 aliphatic carbocycles. The van der Waals surface area contributed by atoms with E-state index in [1.165, 1.54) is 66.1 Å². The van der Waals surface area contributed by atoms with Crippen LogP contribution in [0.1, 0.15) is 17.5 Å². The highest BCUT2D eigenvalue weighted by Crippen LogP contribution is 2.46. The van der Waals surface area contributed by atoms with Crippen molar-refractivity contribution < 1.29 is 0 Å². The normalized spacial score (nSPS) is 12.2. The number of hydrogen-bond donors (Lipinski definition) is 0. The van der Waals surface area contributed by atoms with E-state index in [1.54, 1.807) is 0 Å². The van der Waals surface area contributed by atoms with Crippen LogP contribution in [0.15, 0.2) is 206 Å². The Labute approximate surface area is 344 Å². The maximum absolute atomic E-state index is 5.47. The smallest absolute Gasteiger partial charge is 0.161 e. The molecule has 0 saturated heterocycles. The van der Waals surface area contributed by atoms with Crippen molar-refractivity contribution in [1.82, 2.24) is 9.97 Å². The summed E-state index contributed by atoms with van der Waals surface area (Å²) < 4.78 is 0. The minimum atomic E-state index is 0.701. The van der Waals surface area contributed by atoms with Crippen LogP contribution in [-0.4, -0.2) is 9.97 Å². The number of fused-ring (bicyclic) bond motifs is 4. The Kier molecular flexibility index (Phi) is 8.60. The molecule has 59 heavy (non-hydrogen) atoms. The zero-order chi connectivity index (χ0) is 39.1. The summed E-state index contributed by atoms with van der Waals surface area (Å²) in [5.74, 6) is 0.701. The molecule has 1 aliphatic rings. The van der Waals surface area contributed by atoms with Gasteiger partial charge in [0.2, 0.25) is 0 Å². The van der Waals surface area contributed by atoms with Crippen LogP contribution in [0.2, 0.25) is 0 Å². The minimum Gasteiger partial charge on any atom is -0.228 e. The fourth-order valence-electron chi connectivity index (χ4n) is 9.05. The summed E-state index contributed by atoms with van der Waals surface area (Å²) in [6.07, 6.45) is 9.91. The summed E-state index contributed by atoms with van der Waals surface area (Å²) in [4.78, 5) is 10.8. The minimum absolute atomic E-state index is 0.701. The van der Waals surface area contributed by atoms with Crippen LogP contribution >= 0.6 is 0 Å². The maximum atomic E-state index is 5.47. The Morgan fingerprint density at radius 1 is 0.305 bits per heavy atom. The van der Waals surface area contributed by atoms with Gasteiger partial charge in [-0.1, -0.05) is 206 Å². The predicted octanol–water partition coefficient (Wildman–Crippen LogP) is 15.4. The van der Waals surface area contributed by atoms with E-state index in [0.29, 0.717) is 5.82 Å². The summed E-state index contributed by atoms with van der Waals surface area (Å²) in [5, 5.41) is 7.22. The molecule has 0 bridgehead atoms. The summed E-state index contributed by atoms with van der Waals surface area (Å²) in [7, 11) is 0. The maximum Gasteiger partial charge on any atom is 0.161 e. The highest BCUT2D eigenvalue weighted by atomic mass is 14.9. The van der Waals surface area contributed by atoms with Crippen molar-refractivity contribution in [1.29, 1.82) is 0 Å². The topological polar surface area (TPSA) is 25.8 Å². The third-order valence-corrected chi connectivity index (χ3v) is 11.7. The molecule has 0 radical (unpaired) electrons. The Morgan fingerprint density at radius 2 is 0.729 bits per heavy atom. The first-order chi connectivity index (χ1) is 29.3. The van der Waals surface area contributed by atoms with E-state index in [0.717, 1.165) is 45.3 Å². The summed E-state index contributed by atoms with van der Waals surface area (Å²) in [6.45, 7) is 0. The van der Waals surface area contributed by atoms with Crippen LogP contribution in [0.3, 0.4) is 0 Å². The third-order valence-electron chi connectivity index (χ3n) is 11.7. The van der Waals surface area contributed by atoms with E-state index in [4.69, 9.17) is 9.97 Å². The molecular formula is C57H38N2. The van der Waals surface area contributed by atoms with E-state index in [-0.39, 0.29) is 0 Å². The lowest BCUT2D eigenvalue weighted by Crippen LogP contribution is -1.99. The standard InChI is InChI=1S/C57H38N2/c1-5-19-38(20-6-1)41-33-34-46(43-26-12-4-11-25-42(41)43)54-37-53(39-21-7-2-8-22-39)58-57(59-54)52-36-35-51(44-27-13-14-28-45(44)52)56-49-31-17-15-29-47(49)55(40-23-9-3-10-24-40)48-30-16-18-32-50(48)56/h1-3,5-37H,4H2. The average molecular weight is 751 g/mol. The fraction of sp³-hybridized carbons (Fsp3) is 0.0175. The SMILES string of the molecule is C1=Cc2c(-c3ccccc3)ccc(-c3cc(-c4ccccc4)nc(-c4ccc(-c5c6ccccc6c(-c6ccccc6)c6ccccc56)c5ccccc45)n3)c2C=CC1. The molecule has 0 N–H and O–H groups in total. The van der Waals surface area contributed by atoms with Gasteiger partial charge in [0.05, 0.1) is 11.4 Å². The van der Waals surface area contributed by atoms with Gasteiger partial charge in [-0.2, -0.15) is 0 Å². The van der Waals surface area contributed by atoms with Gasteiger partial charge in [0.1, 0.15) is 0 Å². The fourth-order valence-corrected chi connectivity index (χ4v) is 9.05. The lowest BCUT2D eigenvalue weighted by molar-refractivity contribution is 1.19. The molecule has 0 atom stereocenters. The highest BCUT2D eigenvalue weighted by molar-refractivity contribution is 6.24. The number of aromatic nitrogens is 2. The lowest BCUT2D eigenvalue weighted by atomic mass is 9.84. The number of hydrogen-bond acceptors (Lipinski definition) is 2. The summed E-state index contributed by atoms with van der Waals surface area (Å²) >= 11 is 0. The van der Waals surface area contributed by atoms with Crippen LogP contribution in [0, 0.1) is 0 Å². The molecule has 0 saturated carbocycles. The molecule has 0 aliphatic heterocycles. The Bertz CT molecular complexity index is 3210. The number of nitrogens with zero attached hydrogens (tertiary/aromatic N) is 2. The van der Waals surface area contributed by atoms with Crippen molar-refractivity contribution in [3.63, 3.8) is 0 Å². The average Bonchev–Trinajstić information content (AvgIpc) is 3.57. The molecule has 0 fully saturated rings. The van der Waals surface area contributed by atoms with E-state index >= 15 is 0 Å². The van der Waals surface area contributed by atoms with Gasteiger partial charge in [0.25, 0.3) is 0 Å². The quantitative estimate of drug-likeness (QED) is 0.158. The van der Waals surface area contributed by atoms with Gasteiger partial charge in [-0.15, -0.1) is 0 Å². The first-order valence-corrected chi connectivity index (χ1v) is 20.3. The lowest BCUT2D eigenvalue weighted by Gasteiger charge is -2.20. The predicted molar refractivity (Wildman–Crippen MR) is 250 cm³/mol. The first-order valence-electron chi connectivity index (χ1n) is 20.3. The van der Waals surface area contributed by atoms with Crippen molar-refractivity contribution in [2.45, 2.75) is 6.42 Å². The molecule has 10 aromatic rings.